The van der Waals surface area contributed by atoms with E-state index >= 15 is 0 Å². The fourth-order valence-corrected chi connectivity index (χ4v) is 3.51. The Hall–Kier alpha value is -1.53. The van der Waals surface area contributed by atoms with Gasteiger partial charge in [0.2, 0.25) is 5.91 Å². The molecule has 1 saturated heterocycles. The van der Waals surface area contributed by atoms with Gasteiger partial charge in [-0.15, -0.1) is 11.8 Å². The second kappa shape index (κ2) is 6.07. The first kappa shape index (κ1) is 14.4. The predicted molar refractivity (Wildman–Crippen MR) is 81.5 cm³/mol. The van der Waals surface area contributed by atoms with Crippen molar-refractivity contribution in [3.8, 4) is 0 Å². The highest BCUT2D eigenvalue weighted by Crippen LogP contribution is 2.32. The van der Waals surface area contributed by atoms with Crippen molar-refractivity contribution in [3.63, 3.8) is 0 Å². The molecule has 1 aromatic carbocycles. The monoisotopic (exact) mass is 306 g/mol. The SMILES string of the molecule is O=C1CSc2ccc(C(=O)N3CCC(CO)CC3)cc2N1. The topological polar surface area (TPSA) is 69.6 Å². The summed E-state index contributed by atoms with van der Waals surface area (Å²) in [6.07, 6.45) is 1.69. The van der Waals surface area contributed by atoms with Gasteiger partial charge in [-0.05, 0) is 37.0 Å². The molecule has 1 aromatic rings. The standard InChI is InChI=1S/C15H18N2O3S/c18-8-10-3-5-17(6-4-10)15(20)11-1-2-13-12(7-11)16-14(19)9-21-13/h1-2,7,10,18H,3-6,8-9H2,(H,16,19). The van der Waals surface area contributed by atoms with Crippen LogP contribution in [0.25, 0.3) is 0 Å². The minimum atomic E-state index is -0.0270. The van der Waals surface area contributed by atoms with Crippen LogP contribution in [-0.4, -0.2) is 47.3 Å². The Kier molecular flexibility index (Phi) is 4.17. The van der Waals surface area contributed by atoms with Gasteiger partial charge in [-0.3, -0.25) is 9.59 Å². The zero-order valence-electron chi connectivity index (χ0n) is 11.7. The number of thioether (sulfide) groups is 1. The number of benzene rings is 1. The number of carbonyl (C=O) groups excluding carboxylic acids is 2. The highest BCUT2D eigenvalue weighted by molar-refractivity contribution is 8.00. The zero-order chi connectivity index (χ0) is 14.8. The number of hydrogen-bond acceptors (Lipinski definition) is 4. The van der Waals surface area contributed by atoms with E-state index in [0.717, 1.165) is 23.4 Å². The van der Waals surface area contributed by atoms with Gasteiger partial charge >= 0.3 is 0 Å². The number of likely N-dealkylation sites (tertiary alicyclic amines) is 1. The number of piperidine rings is 1. The third kappa shape index (κ3) is 3.06. The summed E-state index contributed by atoms with van der Waals surface area (Å²) in [7, 11) is 0. The average molecular weight is 306 g/mol. The van der Waals surface area contributed by atoms with Crippen LogP contribution in [0.4, 0.5) is 5.69 Å². The molecule has 0 unspecified atom stereocenters. The smallest absolute Gasteiger partial charge is 0.253 e. The summed E-state index contributed by atoms with van der Waals surface area (Å²) < 4.78 is 0. The average Bonchev–Trinajstić information content (AvgIpc) is 2.53. The van der Waals surface area contributed by atoms with Crippen LogP contribution in [0, 0.1) is 5.92 Å². The minimum absolute atomic E-state index is 0.000915. The van der Waals surface area contributed by atoms with Gasteiger partial charge in [-0.25, -0.2) is 0 Å². The van der Waals surface area contributed by atoms with E-state index < -0.39 is 0 Å². The number of hydrogen-bond donors (Lipinski definition) is 2. The van der Waals surface area contributed by atoms with Gasteiger partial charge in [-0.1, -0.05) is 0 Å². The van der Waals surface area contributed by atoms with Crippen molar-refractivity contribution in [1.29, 1.82) is 0 Å². The maximum absolute atomic E-state index is 12.5. The second-order valence-electron chi connectivity index (χ2n) is 5.47. The third-order valence-electron chi connectivity index (χ3n) is 4.02. The van der Waals surface area contributed by atoms with Gasteiger partial charge in [-0.2, -0.15) is 0 Å². The summed E-state index contributed by atoms with van der Waals surface area (Å²) in [5, 5.41) is 12.0. The Balaban J connectivity index is 1.73. The van der Waals surface area contributed by atoms with Crippen molar-refractivity contribution in [2.45, 2.75) is 17.7 Å². The van der Waals surface area contributed by atoms with Crippen LogP contribution in [0.1, 0.15) is 23.2 Å². The van der Waals surface area contributed by atoms with Crippen molar-refractivity contribution in [3.05, 3.63) is 23.8 Å². The molecule has 3 rings (SSSR count). The number of nitrogens with one attached hydrogen (secondary N) is 1. The van der Waals surface area contributed by atoms with Crippen LogP contribution in [0.5, 0.6) is 0 Å². The summed E-state index contributed by atoms with van der Waals surface area (Å²) in [6, 6.07) is 5.48. The maximum Gasteiger partial charge on any atom is 0.253 e. The third-order valence-corrected chi connectivity index (χ3v) is 5.09. The molecule has 0 atom stereocenters. The van der Waals surface area contributed by atoms with E-state index in [1.165, 1.54) is 11.8 Å². The van der Waals surface area contributed by atoms with Crippen LogP contribution in [0.15, 0.2) is 23.1 Å². The van der Waals surface area contributed by atoms with E-state index in [1.54, 1.807) is 6.07 Å². The minimum Gasteiger partial charge on any atom is -0.396 e. The van der Waals surface area contributed by atoms with E-state index in [-0.39, 0.29) is 18.4 Å². The van der Waals surface area contributed by atoms with E-state index in [1.807, 2.05) is 17.0 Å². The Morgan fingerprint density at radius 3 is 2.86 bits per heavy atom. The van der Waals surface area contributed by atoms with Crippen molar-refractivity contribution in [1.82, 2.24) is 4.90 Å². The number of aliphatic hydroxyl groups is 1. The number of fused-ring (bicyclic) bond motifs is 1. The molecule has 0 saturated carbocycles. The number of aliphatic hydroxyl groups excluding tert-OH is 1. The molecule has 112 valence electrons. The van der Waals surface area contributed by atoms with Crippen molar-refractivity contribution < 1.29 is 14.7 Å². The lowest BCUT2D eigenvalue weighted by Crippen LogP contribution is -2.39. The first-order chi connectivity index (χ1) is 10.2. The molecule has 2 N–H and O–H groups in total. The van der Waals surface area contributed by atoms with Crippen molar-refractivity contribution in [2.75, 3.05) is 30.8 Å². The molecule has 2 heterocycles. The number of anilines is 1. The number of carbonyl (C=O) groups is 2. The predicted octanol–water partition coefficient (Wildman–Crippen LogP) is 1.58. The van der Waals surface area contributed by atoms with Crippen LogP contribution < -0.4 is 5.32 Å². The first-order valence-electron chi connectivity index (χ1n) is 7.14. The van der Waals surface area contributed by atoms with E-state index in [0.29, 0.717) is 30.3 Å². The van der Waals surface area contributed by atoms with Crippen LogP contribution in [0.3, 0.4) is 0 Å². The molecule has 21 heavy (non-hydrogen) atoms. The van der Waals surface area contributed by atoms with Crippen LogP contribution in [-0.2, 0) is 4.79 Å². The normalized spacial score (nSPS) is 19.1. The summed E-state index contributed by atoms with van der Waals surface area (Å²) in [6.45, 7) is 1.56. The molecule has 5 nitrogen and oxygen atoms in total. The molecule has 1 fully saturated rings. The lowest BCUT2D eigenvalue weighted by molar-refractivity contribution is -0.113. The largest absolute Gasteiger partial charge is 0.396 e. The van der Waals surface area contributed by atoms with E-state index in [9.17, 15) is 9.59 Å². The number of amides is 2. The lowest BCUT2D eigenvalue weighted by Gasteiger charge is -2.31. The van der Waals surface area contributed by atoms with E-state index in [2.05, 4.69) is 5.32 Å². The molecule has 2 amide bonds. The van der Waals surface area contributed by atoms with Gasteiger partial charge in [0.05, 0.1) is 11.4 Å². The molecular formula is C15H18N2O3S. The summed E-state index contributed by atoms with van der Waals surface area (Å²) in [5.74, 6) is 0.711. The summed E-state index contributed by atoms with van der Waals surface area (Å²) >= 11 is 1.49. The molecule has 0 aromatic heterocycles. The highest BCUT2D eigenvalue weighted by atomic mass is 32.2. The van der Waals surface area contributed by atoms with Gasteiger partial charge in [0.15, 0.2) is 0 Å². The van der Waals surface area contributed by atoms with E-state index in [4.69, 9.17) is 5.11 Å². The Bertz CT molecular complexity index is 568. The summed E-state index contributed by atoms with van der Waals surface area (Å²) in [4.78, 5) is 26.8. The molecule has 2 aliphatic heterocycles. The van der Waals surface area contributed by atoms with Crippen LogP contribution >= 0.6 is 11.8 Å². The number of nitrogens with zero attached hydrogens (tertiary/aromatic N) is 1. The molecular weight excluding hydrogens is 288 g/mol. The highest BCUT2D eigenvalue weighted by Gasteiger charge is 2.24. The van der Waals surface area contributed by atoms with Gasteiger partial charge in [0, 0.05) is 30.2 Å². The quantitative estimate of drug-likeness (QED) is 0.870. The molecule has 0 radical (unpaired) electrons. The maximum atomic E-state index is 12.5. The Morgan fingerprint density at radius 2 is 2.14 bits per heavy atom. The molecule has 6 heteroatoms. The molecule has 0 bridgehead atoms. The molecule has 2 aliphatic rings. The second-order valence-corrected chi connectivity index (χ2v) is 6.48. The number of rotatable bonds is 2. The van der Waals surface area contributed by atoms with Gasteiger partial charge in [0.1, 0.15) is 0 Å². The Morgan fingerprint density at radius 1 is 1.38 bits per heavy atom. The fraction of sp³-hybridized carbons (Fsp3) is 0.467. The molecule has 0 aliphatic carbocycles. The van der Waals surface area contributed by atoms with Crippen molar-refractivity contribution in [2.24, 2.45) is 5.92 Å². The summed E-state index contributed by atoms with van der Waals surface area (Å²) in [5.41, 5.74) is 1.34. The van der Waals surface area contributed by atoms with Gasteiger partial charge in [0.25, 0.3) is 5.91 Å². The lowest BCUT2D eigenvalue weighted by atomic mass is 9.97. The van der Waals surface area contributed by atoms with Gasteiger partial charge < -0.3 is 15.3 Å². The van der Waals surface area contributed by atoms with Crippen LogP contribution in [0.2, 0.25) is 0 Å². The fourth-order valence-electron chi connectivity index (χ4n) is 2.72. The van der Waals surface area contributed by atoms with Crippen molar-refractivity contribution >= 4 is 29.3 Å². The zero-order valence-corrected chi connectivity index (χ0v) is 12.5. The first-order valence-corrected chi connectivity index (χ1v) is 8.13. The molecule has 0 spiro atoms. The Labute approximate surface area is 127 Å².